The van der Waals surface area contributed by atoms with Crippen LogP contribution in [0.15, 0.2) is 29.3 Å². The molecule has 6 nitrogen and oxygen atoms in total. The quantitative estimate of drug-likeness (QED) is 0.355. The lowest BCUT2D eigenvalue weighted by atomic mass is 10.1. The van der Waals surface area contributed by atoms with E-state index < -0.39 is 11.7 Å². The van der Waals surface area contributed by atoms with E-state index >= 15 is 0 Å². The summed E-state index contributed by atoms with van der Waals surface area (Å²) in [6.07, 6.45) is 0.106. The maximum absolute atomic E-state index is 12.9. The van der Waals surface area contributed by atoms with Crippen LogP contribution in [0.25, 0.3) is 0 Å². The van der Waals surface area contributed by atoms with Crippen molar-refractivity contribution in [2.45, 2.75) is 57.9 Å². The summed E-state index contributed by atoms with van der Waals surface area (Å²) in [6, 6.07) is 5.60. The number of guanidine groups is 1. The van der Waals surface area contributed by atoms with E-state index in [-0.39, 0.29) is 30.5 Å². The summed E-state index contributed by atoms with van der Waals surface area (Å²) in [4.78, 5) is 4.50. The number of alkyl halides is 3. The minimum Gasteiger partial charge on any atom is -0.354 e. The van der Waals surface area contributed by atoms with Crippen molar-refractivity contribution in [2.24, 2.45) is 12.0 Å². The van der Waals surface area contributed by atoms with Gasteiger partial charge in [-0.1, -0.05) is 25.0 Å². The smallest absolute Gasteiger partial charge is 0.354 e. The van der Waals surface area contributed by atoms with Gasteiger partial charge in [0, 0.05) is 13.1 Å². The molecule has 1 aromatic carbocycles. The van der Waals surface area contributed by atoms with Crippen molar-refractivity contribution in [1.29, 1.82) is 0 Å². The molecule has 3 rings (SSSR count). The van der Waals surface area contributed by atoms with Crippen LogP contribution in [0.4, 0.5) is 13.2 Å². The minimum absolute atomic E-state index is 0. The molecule has 2 N–H and O–H groups in total. The van der Waals surface area contributed by atoms with E-state index in [1.54, 1.807) is 6.07 Å². The molecule has 2 aromatic rings. The first-order chi connectivity index (χ1) is 13.3. The van der Waals surface area contributed by atoms with Crippen molar-refractivity contribution < 1.29 is 13.2 Å². The van der Waals surface area contributed by atoms with E-state index in [9.17, 15) is 13.2 Å². The van der Waals surface area contributed by atoms with E-state index in [0.717, 1.165) is 36.6 Å². The molecule has 1 saturated carbocycles. The molecule has 0 atom stereocenters. The van der Waals surface area contributed by atoms with Crippen LogP contribution in [-0.4, -0.2) is 26.8 Å². The number of aliphatic imine (C=N–C) groups is 1. The summed E-state index contributed by atoms with van der Waals surface area (Å²) in [5.74, 6) is 2.14. The standard InChI is InChI=1S/C19H25F3N6.HI/c1-13-26-27-17(28(13)2)12-24-18(25-16-8-3-4-9-16)23-11-14-6-5-7-15(10-14)19(20,21)22;/h5-7,10,16H,3-4,8-9,11-12H2,1-2H3,(H2,23,24,25);1H. The van der Waals surface area contributed by atoms with Gasteiger partial charge >= 0.3 is 6.18 Å². The van der Waals surface area contributed by atoms with Crippen molar-refractivity contribution in [2.75, 3.05) is 0 Å². The van der Waals surface area contributed by atoms with Crippen LogP contribution >= 0.6 is 24.0 Å². The van der Waals surface area contributed by atoms with E-state index in [1.807, 2.05) is 18.5 Å². The second-order valence-electron chi connectivity index (χ2n) is 7.06. The lowest BCUT2D eigenvalue weighted by molar-refractivity contribution is -0.137. The molecule has 0 saturated heterocycles. The third kappa shape index (κ3) is 6.58. The lowest BCUT2D eigenvalue weighted by Crippen LogP contribution is -2.42. The molecule has 0 aliphatic heterocycles. The largest absolute Gasteiger partial charge is 0.416 e. The van der Waals surface area contributed by atoms with Crippen molar-refractivity contribution in [1.82, 2.24) is 25.4 Å². The summed E-state index contributed by atoms with van der Waals surface area (Å²) in [7, 11) is 1.89. The minimum atomic E-state index is -4.36. The van der Waals surface area contributed by atoms with Gasteiger partial charge in [0.1, 0.15) is 5.82 Å². The normalized spacial score (nSPS) is 15.3. The maximum atomic E-state index is 12.9. The first-order valence-electron chi connectivity index (χ1n) is 9.39. The predicted molar refractivity (Wildman–Crippen MR) is 116 cm³/mol. The van der Waals surface area contributed by atoms with Crippen molar-refractivity contribution in [3.63, 3.8) is 0 Å². The van der Waals surface area contributed by atoms with Gasteiger partial charge in [-0.3, -0.25) is 0 Å². The highest BCUT2D eigenvalue weighted by atomic mass is 127. The molecule has 1 aliphatic carbocycles. The Hall–Kier alpha value is -1.85. The highest BCUT2D eigenvalue weighted by Crippen LogP contribution is 2.29. The third-order valence-electron chi connectivity index (χ3n) is 4.97. The molecule has 0 bridgehead atoms. The number of aromatic nitrogens is 3. The van der Waals surface area contributed by atoms with Crippen LogP contribution in [0.1, 0.15) is 48.5 Å². The third-order valence-corrected chi connectivity index (χ3v) is 4.97. The number of aryl methyl sites for hydroxylation is 1. The number of halogens is 4. The van der Waals surface area contributed by atoms with E-state index in [4.69, 9.17) is 0 Å². The van der Waals surface area contributed by atoms with Gasteiger partial charge in [0.25, 0.3) is 0 Å². The zero-order valence-corrected chi connectivity index (χ0v) is 18.8. The fraction of sp³-hybridized carbons (Fsp3) is 0.526. The fourth-order valence-corrected chi connectivity index (χ4v) is 3.20. The Bertz CT molecular complexity index is 828. The molecule has 1 aromatic heterocycles. The second-order valence-corrected chi connectivity index (χ2v) is 7.06. The van der Waals surface area contributed by atoms with Crippen molar-refractivity contribution in [3.05, 3.63) is 47.0 Å². The molecule has 29 heavy (non-hydrogen) atoms. The second kappa shape index (κ2) is 10.3. The van der Waals surface area contributed by atoms with Gasteiger partial charge in [0.05, 0.1) is 18.7 Å². The molecule has 10 heteroatoms. The Morgan fingerprint density at radius 3 is 2.59 bits per heavy atom. The van der Waals surface area contributed by atoms with Crippen molar-refractivity contribution >= 4 is 29.9 Å². The summed E-state index contributed by atoms with van der Waals surface area (Å²) < 4.78 is 40.6. The zero-order valence-electron chi connectivity index (χ0n) is 16.5. The summed E-state index contributed by atoms with van der Waals surface area (Å²) in [5.41, 5.74) is -0.148. The SMILES string of the molecule is Cc1nnc(CNC(=NCc2cccc(C(F)(F)F)c2)NC2CCCC2)n1C.I. The molecule has 160 valence electrons. The molecule has 0 unspecified atom stereocenters. The average Bonchev–Trinajstić information content (AvgIpc) is 3.28. The summed E-state index contributed by atoms with van der Waals surface area (Å²) in [5, 5.41) is 14.8. The van der Waals surface area contributed by atoms with Gasteiger partial charge in [0.15, 0.2) is 11.8 Å². The Kier molecular flexibility index (Phi) is 8.29. The summed E-state index contributed by atoms with van der Waals surface area (Å²) >= 11 is 0. The van der Waals surface area contributed by atoms with Gasteiger partial charge in [-0.15, -0.1) is 34.2 Å². The number of benzene rings is 1. The topological polar surface area (TPSA) is 67.1 Å². The maximum Gasteiger partial charge on any atom is 0.416 e. The number of nitrogens with zero attached hydrogens (tertiary/aromatic N) is 4. The number of rotatable bonds is 5. The first-order valence-corrected chi connectivity index (χ1v) is 9.39. The molecule has 0 amide bonds. The number of hydrogen-bond donors (Lipinski definition) is 2. The molecule has 0 spiro atoms. The predicted octanol–water partition coefficient (Wildman–Crippen LogP) is 3.94. The van der Waals surface area contributed by atoms with Crippen LogP contribution in [0.5, 0.6) is 0 Å². The highest BCUT2D eigenvalue weighted by Gasteiger charge is 2.30. The molecular formula is C19H26F3IN6. The average molecular weight is 522 g/mol. The van der Waals surface area contributed by atoms with Crippen LogP contribution in [0, 0.1) is 6.92 Å². The Morgan fingerprint density at radius 1 is 1.24 bits per heavy atom. The Morgan fingerprint density at radius 2 is 1.97 bits per heavy atom. The number of hydrogen-bond acceptors (Lipinski definition) is 3. The zero-order chi connectivity index (χ0) is 20.1. The Balaban J connectivity index is 0.00000300. The fourth-order valence-electron chi connectivity index (χ4n) is 3.20. The highest BCUT2D eigenvalue weighted by molar-refractivity contribution is 14.0. The van der Waals surface area contributed by atoms with Crippen LogP contribution in [0.2, 0.25) is 0 Å². The van der Waals surface area contributed by atoms with Gasteiger partial charge in [0.2, 0.25) is 0 Å². The van der Waals surface area contributed by atoms with Gasteiger partial charge in [-0.2, -0.15) is 13.2 Å². The molecule has 1 aliphatic rings. The summed E-state index contributed by atoms with van der Waals surface area (Å²) in [6.45, 7) is 2.46. The monoisotopic (exact) mass is 522 g/mol. The Labute approximate surface area is 185 Å². The molecule has 1 fully saturated rings. The van der Waals surface area contributed by atoms with Crippen LogP contribution in [-0.2, 0) is 26.3 Å². The lowest BCUT2D eigenvalue weighted by Gasteiger charge is -2.17. The van der Waals surface area contributed by atoms with Gasteiger partial charge in [-0.05, 0) is 37.5 Å². The molecular weight excluding hydrogens is 496 g/mol. The van der Waals surface area contributed by atoms with Crippen LogP contribution < -0.4 is 10.6 Å². The van der Waals surface area contributed by atoms with Crippen LogP contribution in [0.3, 0.4) is 0 Å². The van der Waals surface area contributed by atoms with Gasteiger partial charge in [-0.25, -0.2) is 4.99 Å². The van der Waals surface area contributed by atoms with E-state index in [0.29, 0.717) is 24.1 Å². The van der Waals surface area contributed by atoms with Gasteiger partial charge < -0.3 is 15.2 Å². The van der Waals surface area contributed by atoms with Crippen molar-refractivity contribution in [3.8, 4) is 0 Å². The molecule has 0 radical (unpaired) electrons. The molecule has 1 heterocycles. The number of nitrogens with one attached hydrogen (secondary N) is 2. The van der Waals surface area contributed by atoms with E-state index in [1.165, 1.54) is 18.9 Å². The first kappa shape index (κ1) is 23.4. The van der Waals surface area contributed by atoms with E-state index in [2.05, 4.69) is 25.8 Å².